The molecule has 0 unspecified atom stereocenters. The molecule has 0 aliphatic heterocycles. The SMILES string of the molecule is O=C(Nc1c[nH]ccc1=O)C1(c2ccc(F)cc2)CCC1. The average molecular weight is 286 g/mol. The number of halogens is 1. The van der Waals surface area contributed by atoms with Crippen LogP contribution in [-0.4, -0.2) is 10.9 Å². The number of anilines is 1. The van der Waals surface area contributed by atoms with E-state index in [4.69, 9.17) is 0 Å². The topological polar surface area (TPSA) is 62.0 Å². The van der Waals surface area contributed by atoms with E-state index >= 15 is 0 Å². The van der Waals surface area contributed by atoms with Crippen molar-refractivity contribution in [3.8, 4) is 0 Å². The van der Waals surface area contributed by atoms with Gasteiger partial charge in [-0.15, -0.1) is 0 Å². The van der Waals surface area contributed by atoms with Crippen LogP contribution in [-0.2, 0) is 10.2 Å². The molecule has 21 heavy (non-hydrogen) atoms. The van der Waals surface area contributed by atoms with Crippen LogP contribution in [0.15, 0.2) is 47.5 Å². The van der Waals surface area contributed by atoms with Crippen LogP contribution in [0.2, 0.25) is 0 Å². The van der Waals surface area contributed by atoms with E-state index in [0.717, 1.165) is 12.0 Å². The maximum Gasteiger partial charge on any atom is 0.235 e. The van der Waals surface area contributed by atoms with Crippen LogP contribution in [0.1, 0.15) is 24.8 Å². The van der Waals surface area contributed by atoms with Crippen LogP contribution in [0.3, 0.4) is 0 Å². The molecule has 2 N–H and O–H groups in total. The lowest BCUT2D eigenvalue weighted by Gasteiger charge is -2.40. The fourth-order valence-corrected chi connectivity index (χ4v) is 2.70. The van der Waals surface area contributed by atoms with E-state index in [2.05, 4.69) is 10.3 Å². The number of aromatic nitrogens is 1. The molecule has 1 aromatic heterocycles. The molecule has 0 atom stereocenters. The Morgan fingerprint density at radius 1 is 1.19 bits per heavy atom. The van der Waals surface area contributed by atoms with Gasteiger partial charge in [0.25, 0.3) is 0 Å². The summed E-state index contributed by atoms with van der Waals surface area (Å²) < 4.78 is 13.1. The Morgan fingerprint density at radius 2 is 1.90 bits per heavy atom. The highest BCUT2D eigenvalue weighted by molar-refractivity contribution is 5.99. The number of amides is 1. The standard InChI is InChI=1S/C16H15FN2O2/c17-12-4-2-11(3-5-12)16(7-1-8-16)15(21)19-13-10-18-9-6-14(13)20/h2-6,9-10H,1,7-8H2,(H,18,20)(H,19,21). The largest absolute Gasteiger partial charge is 0.366 e. The van der Waals surface area contributed by atoms with Gasteiger partial charge in [0.1, 0.15) is 11.5 Å². The summed E-state index contributed by atoms with van der Waals surface area (Å²) >= 11 is 0. The minimum atomic E-state index is -0.657. The Hall–Kier alpha value is -2.43. The molecule has 0 spiro atoms. The van der Waals surface area contributed by atoms with Crippen molar-refractivity contribution in [2.75, 3.05) is 5.32 Å². The molecular formula is C16H15FN2O2. The smallest absolute Gasteiger partial charge is 0.235 e. The summed E-state index contributed by atoms with van der Waals surface area (Å²) in [6.45, 7) is 0. The minimum Gasteiger partial charge on any atom is -0.366 e. The molecule has 4 nitrogen and oxygen atoms in total. The number of hydrogen-bond acceptors (Lipinski definition) is 2. The molecule has 0 bridgehead atoms. The van der Waals surface area contributed by atoms with Crippen LogP contribution in [0.4, 0.5) is 10.1 Å². The number of hydrogen-bond donors (Lipinski definition) is 2. The van der Waals surface area contributed by atoms with E-state index in [0.29, 0.717) is 12.8 Å². The van der Waals surface area contributed by atoms with Crippen LogP contribution >= 0.6 is 0 Å². The molecule has 1 amide bonds. The van der Waals surface area contributed by atoms with Crippen molar-refractivity contribution in [3.63, 3.8) is 0 Å². The molecule has 1 saturated carbocycles. The lowest BCUT2D eigenvalue weighted by Crippen LogP contribution is -2.46. The number of nitrogens with one attached hydrogen (secondary N) is 2. The van der Waals surface area contributed by atoms with Gasteiger partial charge in [-0.25, -0.2) is 4.39 Å². The first-order valence-corrected chi connectivity index (χ1v) is 6.86. The molecule has 1 fully saturated rings. The maximum atomic E-state index is 13.1. The van der Waals surface area contributed by atoms with E-state index in [-0.39, 0.29) is 22.8 Å². The summed E-state index contributed by atoms with van der Waals surface area (Å²) in [4.78, 5) is 27.1. The van der Waals surface area contributed by atoms with Gasteiger partial charge in [0.15, 0.2) is 0 Å². The Kier molecular flexibility index (Phi) is 3.33. The maximum absolute atomic E-state index is 13.1. The van der Waals surface area contributed by atoms with Crippen LogP contribution < -0.4 is 10.7 Å². The van der Waals surface area contributed by atoms with Gasteiger partial charge in [-0.3, -0.25) is 9.59 Å². The number of carbonyl (C=O) groups is 1. The van der Waals surface area contributed by atoms with Crippen molar-refractivity contribution in [3.05, 3.63) is 64.3 Å². The van der Waals surface area contributed by atoms with Gasteiger partial charge in [-0.1, -0.05) is 18.6 Å². The second-order valence-electron chi connectivity index (χ2n) is 5.32. The third-order valence-corrected chi connectivity index (χ3v) is 4.11. The molecular weight excluding hydrogens is 271 g/mol. The van der Waals surface area contributed by atoms with Gasteiger partial charge >= 0.3 is 0 Å². The van der Waals surface area contributed by atoms with Crippen molar-refractivity contribution in [2.45, 2.75) is 24.7 Å². The molecule has 1 aromatic carbocycles. The normalized spacial score (nSPS) is 16.0. The van der Waals surface area contributed by atoms with Gasteiger partial charge in [0, 0.05) is 18.5 Å². The molecule has 0 radical (unpaired) electrons. The third kappa shape index (κ3) is 2.35. The fourth-order valence-electron chi connectivity index (χ4n) is 2.70. The first-order valence-electron chi connectivity index (χ1n) is 6.86. The number of aromatic amines is 1. The van der Waals surface area contributed by atoms with E-state index in [1.807, 2.05) is 0 Å². The molecule has 1 aliphatic rings. The predicted octanol–water partition coefficient (Wildman–Crippen LogP) is 2.57. The van der Waals surface area contributed by atoms with Crippen LogP contribution in [0.5, 0.6) is 0 Å². The second-order valence-corrected chi connectivity index (χ2v) is 5.32. The fraction of sp³-hybridized carbons (Fsp3) is 0.250. The molecule has 2 aromatic rings. The number of pyridine rings is 1. The van der Waals surface area contributed by atoms with Gasteiger partial charge in [0.05, 0.1) is 5.41 Å². The van der Waals surface area contributed by atoms with Gasteiger partial charge in [0.2, 0.25) is 11.3 Å². The Bertz CT molecular complexity index is 718. The summed E-state index contributed by atoms with van der Waals surface area (Å²) in [6.07, 6.45) is 5.33. The predicted molar refractivity (Wildman–Crippen MR) is 77.6 cm³/mol. The van der Waals surface area contributed by atoms with Crippen LogP contribution in [0, 0.1) is 5.82 Å². The first kappa shape index (κ1) is 13.5. The van der Waals surface area contributed by atoms with Crippen molar-refractivity contribution in [1.82, 2.24) is 4.98 Å². The van der Waals surface area contributed by atoms with Gasteiger partial charge < -0.3 is 10.3 Å². The number of H-pyrrole nitrogens is 1. The summed E-state index contributed by atoms with van der Waals surface area (Å²) in [7, 11) is 0. The highest BCUT2D eigenvalue weighted by Gasteiger charge is 2.45. The number of carbonyl (C=O) groups excluding carboxylic acids is 1. The summed E-state index contributed by atoms with van der Waals surface area (Å²) in [5, 5.41) is 2.69. The van der Waals surface area contributed by atoms with E-state index in [9.17, 15) is 14.0 Å². The Labute approximate surface area is 121 Å². The summed E-state index contributed by atoms with van der Waals surface area (Å²) in [5.41, 5.74) is 0.127. The minimum absolute atomic E-state index is 0.211. The molecule has 1 heterocycles. The zero-order valence-electron chi connectivity index (χ0n) is 11.4. The van der Waals surface area contributed by atoms with E-state index in [1.165, 1.54) is 30.6 Å². The van der Waals surface area contributed by atoms with Crippen molar-refractivity contribution >= 4 is 11.6 Å². The van der Waals surface area contributed by atoms with Gasteiger partial charge in [-0.05, 0) is 30.5 Å². The zero-order chi connectivity index (χ0) is 14.9. The number of benzene rings is 1. The Morgan fingerprint density at radius 3 is 2.48 bits per heavy atom. The van der Waals surface area contributed by atoms with Crippen molar-refractivity contribution < 1.29 is 9.18 Å². The lowest BCUT2D eigenvalue weighted by molar-refractivity contribution is -0.124. The van der Waals surface area contributed by atoms with E-state index < -0.39 is 5.41 Å². The Balaban J connectivity index is 1.89. The molecule has 5 heteroatoms. The molecule has 108 valence electrons. The molecule has 1 aliphatic carbocycles. The average Bonchev–Trinajstić information content (AvgIpc) is 2.42. The first-order chi connectivity index (χ1) is 10.1. The third-order valence-electron chi connectivity index (χ3n) is 4.11. The highest BCUT2D eigenvalue weighted by Crippen LogP contribution is 2.44. The summed E-state index contributed by atoms with van der Waals surface area (Å²) in [6, 6.07) is 7.36. The quantitative estimate of drug-likeness (QED) is 0.911. The van der Waals surface area contributed by atoms with Gasteiger partial charge in [-0.2, -0.15) is 0 Å². The van der Waals surface area contributed by atoms with Crippen LogP contribution in [0.25, 0.3) is 0 Å². The zero-order valence-corrected chi connectivity index (χ0v) is 11.4. The van der Waals surface area contributed by atoms with E-state index in [1.54, 1.807) is 12.1 Å². The van der Waals surface area contributed by atoms with Crippen molar-refractivity contribution in [1.29, 1.82) is 0 Å². The molecule has 3 rings (SSSR count). The second kappa shape index (κ2) is 5.16. The van der Waals surface area contributed by atoms with Crippen molar-refractivity contribution in [2.24, 2.45) is 0 Å². The molecule has 0 saturated heterocycles. The lowest BCUT2D eigenvalue weighted by atomic mass is 9.64. The monoisotopic (exact) mass is 286 g/mol. The highest BCUT2D eigenvalue weighted by atomic mass is 19.1. The summed E-state index contributed by atoms with van der Waals surface area (Å²) in [5.74, 6) is -0.537. The number of rotatable bonds is 3.